The van der Waals surface area contributed by atoms with Crippen LogP contribution in [0.2, 0.25) is 5.02 Å². The molecular formula is C21H22ClN3O3. The summed E-state index contributed by atoms with van der Waals surface area (Å²) in [4.78, 5) is 29.5. The van der Waals surface area contributed by atoms with Crippen LogP contribution in [0.3, 0.4) is 0 Å². The minimum absolute atomic E-state index is 0.209. The Balaban J connectivity index is 2.22. The first-order valence-corrected chi connectivity index (χ1v) is 9.03. The highest BCUT2D eigenvalue weighted by molar-refractivity contribution is 6.31. The van der Waals surface area contributed by atoms with E-state index in [0.29, 0.717) is 10.7 Å². The topological polar surface area (TPSA) is 82.5 Å². The van der Waals surface area contributed by atoms with Crippen LogP contribution in [-0.4, -0.2) is 38.6 Å². The summed E-state index contributed by atoms with van der Waals surface area (Å²) in [7, 11) is 0. The molecule has 0 spiro atoms. The molecule has 2 rings (SSSR count). The van der Waals surface area contributed by atoms with Crippen molar-refractivity contribution in [1.29, 1.82) is 0 Å². The predicted molar refractivity (Wildman–Crippen MR) is 109 cm³/mol. The Morgan fingerprint density at radius 1 is 1.18 bits per heavy atom. The molecule has 28 heavy (non-hydrogen) atoms. The molecule has 2 amide bonds. The highest BCUT2D eigenvalue weighted by atomic mass is 35.5. The molecule has 0 saturated carbocycles. The number of aromatic nitrogens is 1. The fraction of sp³-hybridized carbons (Fsp3) is 0.286. The number of hydrogen-bond acceptors (Lipinski definition) is 3. The lowest BCUT2D eigenvalue weighted by Crippen LogP contribution is -2.54. The highest BCUT2D eigenvalue weighted by Gasteiger charge is 2.34. The molecule has 0 aliphatic rings. The van der Waals surface area contributed by atoms with Gasteiger partial charge in [-0.25, -0.2) is 9.78 Å². The molecule has 1 atom stereocenters. The summed E-state index contributed by atoms with van der Waals surface area (Å²) >= 11 is 6.12. The number of benzene rings is 1. The van der Waals surface area contributed by atoms with Gasteiger partial charge in [-0.1, -0.05) is 35.7 Å². The van der Waals surface area contributed by atoms with E-state index >= 15 is 0 Å². The quantitative estimate of drug-likeness (QED) is 0.756. The molecule has 1 aromatic heterocycles. The SMILES string of the molecule is CC(C(=O)Nc1cc(Cl)cc(C#Cc2ccccc2)n1)N(C(=O)O)C(C)(C)C. The van der Waals surface area contributed by atoms with Crippen LogP contribution in [0.15, 0.2) is 42.5 Å². The van der Waals surface area contributed by atoms with E-state index in [1.807, 2.05) is 30.3 Å². The number of carbonyl (C=O) groups is 2. The average molecular weight is 400 g/mol. The summed E-state index contributed by atoms with van der Waals surface area (Å²) in [6, 6.07) is 11.6. The van der Waals surface area contributed by atoms with Crippen molar-refractivity contribution >= 4 is 29.4 Å². The first-order chi connectivity index (χ1) is 13.1. The number of nitrogens with zero attached hydrogens (tertiary/aromatic N) is 2. The van der Waals surface area contributed by atoms with Gasteiger partial charge in [0.25, 0.3) is 0 Å². The van der Waals surface area contributed by atoms with Crippen LogP contribution in [0.4, 0.5) is 10.6 Å². The number of hydrogen-bond donors (Lipinski definition) is 2. The molecule has 1 heterocycles. The zero-order valence-corrected chi connectivity index (χ0v) is 16.9. The summed E-state index contributed by atoms with van der Waals surface area (Å²) in [6.07, 6.45) is -1.18. The third kappa shape index (κ3) is 5.73. The number of pyridine rings is 1. The van der Waals surface area contributed by atoms with Gasteiger partial charge >= 0.3 is 6.09 Å². The standard InChI is InChI=1S/C21H22ClN3O3/c1-14(25(20(27)28)21(2,3)4)19(26)24-18-13-16(22)12-17(23-18)11-10-15-8-6-5-7-9-15/h5-9,12-14H,1-4H3,(H,27,28)(H,23,24,26). The van der Waals surface area contributed by atoms with Gasteiger partial charge in [-0.15, -0.1) is 0 Å². The average Bonchev–Trinajstić information content (AvgIpc) is 2.58. The minimum atomic E-state index is -1.18. The van der Waals surface area contributed by atoms with E-state index in [1.165, 1.54) is 13.0 Å². The lowest BCUT2D eigenvalue weighted by Gasteiger charge is -2.37. The van der Waals surface area contributed by atoms with E-state index in [1.54, 1.807) is 26.8 Å². The van der Waals surface area contributed by atoms with Crippen molar-refractivity contribution in [3.63, 3.8) is 0 Å². The Morgan fingerprint density at radius 2 is 1.82 bits per heavy atom. The van der Waals surface area contributed by atoms with Crippen molar-refractivity contribution in [2.75, 3.05) is 5.32 Å². The van der Waals surface area contributed by atoms with Crippen molar-refractivity contribution in [2.45, 2.75) is 39.3 Å². The Labute approximate surface area is 169 Å². The van der Waals surface area contributed by atoms with Gasteiger partial charge in [0.1, 0.15) is 17.6 Å². The molecule has 1 aromatic carbocycles. The maximum absolute atomic E-state index is 12.6. The Bertz CT molecular complexity index is 927. The highest BCUT2D eigenvalue weighted by Crippen LogP contribution is 2.20. The normalized spacial score (nSPS) is 11.8. The monoisotopic (exact) mass is 399 g/mol. The summed E-state index contributed by atoms with van der Waals surface area (Å²) in [5, 5.41) is 12.4. The van der Waals surface area contributed by atoms with Gasteiger partial charge in [0.15, 0.2) is 0 Å². The second kappa shape index (κ2) is 8.77. The molecule has 2 N–H and O–H groups in total. The summed E-state index contributed by atoms with van der Waals surface area (Å²) < 4.78 is 0. The maximum atomic E-state index is 12.6. The van der Waals surface area contributed by atoms with E-state index in [2.05, 4.69) is 22.1 Å². The van der Waals surface area contributed by atoms with Crippen LogP contribution in [0.1, 0.15) is 39.0 Å². The fourth-order valence-electron chi connectivity index (χ4n) is 2.66. The van der Waals surface area contributed by atoms with Crippen molar-refractivity contribution < 1.29 is 14.7 Å². The number of amides is 2. The molecule has 0 aliphatic carbocycles. The molecule has 0 radical (unpaired) electrons. The van der Waals surface area contributed by atoms with Crippen molar-refractivity contribution in [2.24, 2.45) is 0 Å². The van der Waals surface area contributed by atoms with Gasteiger partial charge in [-0.3, -0.25) is 9.69 Å². The molecule has 0 saturated heterocycles. The molecule has 1 unspecified atom stereocenters. The largest absolute Gasteiger partial charge is 0.465 e. The molecular weight excluding hydrogens is 378 g/mol. The van der Waals surface area contributed by atoms with Crippen LogP contribution in [0.25, 0.3) is 0 Å². The van der Waals surface area contributed by atoms with Crippen LogP contribution >= 0.6 is 11.6 Å². The summed E-state index contributed by atoms with van der Waals surface area (Å²) in [6.45, 7) is 6.69. The van der Waals surface area contributed by atoms with E-state index in [4.69, 9.17) is 11.6 Å². The molecule has 0 bridgehead atoms. The third-order valence-electron chi connectivity index (χ3n) is 3.85. The van der Waals surface area contributed by atoms with Crippen molar-refractivity contribution in [3.8, 4) is 11.8 Å². The van der Waals surface area contributed by atoms with E-state index in [-0.39, 0.29) is 5.82 Å². The van der Waals surface area contributed by atoms with Gasteiger partial charge in [0.2, 0.25) is 5.91 Å². The fourth-order valence-corrected chi connectivity index (χ4v) is 2.87. The zero-order chi connectivity index (χ0) is 20.9. The molecule has 6 nitrogen and oxygen atoms in total. The van der Waals surface area contributed by atoms with E-state index < -0.39 is 23.6 Å². The number of halogens is 1. The number of anilines is 1. The maximum Gasteiger partial charge on any atom is 0.408 e. The van der Waals surface area contributed by atoms with Crippen LogP contribution in [0, 0.1) is 11.8 Å². The summed E-state index contributed by atoms with van der Waals surface area (Å²) in [5.74, 6) is 5.59. The molecule has 2 aromatic rings. The second-order valence-electron chi connectivity index (χ2n) is 7.16. The lowest BCUT2D eigenvalue weighted by molar-refractivity contribution is -0.121. The second-order valence-corrected chi connectivity index (χ2v) is 7.60. The Kier molecular flexibility index (Phi) is 6.66. The molecule has 7 heteroatoms. The minimum Gasteiger partial charge on any atom is -0.465 e. The Morgan fingerprint density at radius 3 is 2.39 bits per heavy atom. The summed E-state index contributed by atoms with van der Waals surface area (Å²) in [5.41, 5.74) is 0.479. The van der Waals surface area contributed by atoms with Crippen molar-refractivity contribution in [1.82, 2.24) is 9.88 Å². The molecule has 0 fully saturated rings. The number of rotatable bonds is 3. The van der Waals surface area contributed by atoms with E-state index in [0.717, 1.165) is 10.5 Å². The smallest absolute Gasteiger partial charge is 0.408 e. The molecule has 0 aliphatic heterocycles. The van der Waals surface area contributed by atoms with Gasteiger partial charge in [-0.05, 0) is 57.9 Å². The van der Waals surface area contributed by atoms with Gasteiger partial charge in [0.05, 0.1) is 0 Å². The van der Waals surface area contributed by atoms with Crippen LogP contribution in [0.5, 0.6) is 0 Å². The Hall–Kier alpha value is -3.04. The predicted octanol–water partition coefficient (Wildman–Crippen LogP) is 4.24. The lowest BCUT2D eigenvalue weighted by atomic mass is 10.0. The molecule has 146 valence electrons. The van der Waals surface area contributed by atoms with Gasteiger partial charge in [0, 0.05) is 16.1 Å². The van der Waals surface area contributed by atoms with E-state index in [9.17, 15) is 14.7 Å². The first-order valence-electron chi connectivity index (χ1n) is 8.65. The van der Waals surface area contributed by atoms with Crippen molar-refractivity contribution in [3.05, 3.63) is 58.7 Å². The number of carbonyl (C=O) groups excluding carboxylic acids is 1. The number of carboxylic acid groups (broad SMARTS) is 1. The van der Waals surface area contributed by atoms with Gasteiger partial charge in [-0.2, -0.15) is 0 Å². The van der Waals surface area contributed by atoms with Gasteiger partial charge < -0.3 is 10.4 Å². The van der Waals surface area contributed by atoms with Crippen LogP contribution in [-0.2, 0) is 4.79 Å². The number of nitrogens with one attached hydrogen (secondary N) is 1. The first kappa shape index (κ1) is 21.3. The third-order valence-corrected chi connectivity index (χ3v) is 4.06. The zero-order valence-electron chi connectivity index (χ0n) is 16.2. The van der Waals surface area contributed by atoms with Crippen LogP contribution < -0.4 is 5.32 Å².